The predicted molar refractivity (Wildman–Crippen MR) is 130 cm³/mol. The molecule has 3 rings (SSSR count). The van der Waals surface area contributed by atoms with E-state index in [1.54, 1.807) is 31.9 Å². The first kappa shape index (κ1) is 27.5. The summed E-state index contributed by atoms with van der Waals surface area (Å²) in [6.45, 7) is 7.13. The highest BCUT2D eigenvalue weighted by Gasteiger charge is 2.26. The quantitative estimate of drug-likeness (QED) is 0.532. The van der Waals surface area contributed by atoms with E-state index >= 15 is 0 Å². The smallest absolute Gasteiger partial charge is 0.427 e. The Bertz CT molecular complexity index is 1200. The molecular weight excluding hydrogens is 496 g/mol. The van der Waals surface area contributed by atoms with E-state index in [0.717, 1.165) is 25.2 Å². The second kappa shape index (κ2) is 10.9. The molecule has 13 heteroatoms. The van der Waals surface area contributed by atoms with Crippen molar-refractivity contribution in [2.75, 3.05) is 43.2 Å². The maximum absolute atomic E-state index is 14.4. The molecule has 2 aromatic rings. The molecule has 0 spiro atoms. The van der Waals surface area contributed by atoms with Crippen molar-refractivity contribution in [3.8, 4) is 0 Å². The Morgan fingerprint density at radius 1 is 1.17 bits per heavy atom. The van der Waals surface area contributed by atoms with Gasteiger partial charge in [-0.2, -0.15) is 0 Å². The van der Waals surface area contributed by atoms with E-state index in [-0.39, 0.29) is 11.5 Å². The van der Waals surface area contributed by atoms with Crippen molar-refractivity contribution in [3.05, 3.63) is 36.2 Å². The number of carbonyl (C=O) groups excluding carboxylic acids is 1. The summed E-state index contributed by atoms with van der Waals surface area (Å²) in [5.74, 6) is -0.887. The van der Waals surface area contributed by atoms with E-state index in [1.807, 2.05) is 11.9 Å². The summed E-state index contributed by atoms with van der Waals surface area (Å²) in [5, 5.41) is 4.27. The summed E-state index contributed by atoms with van der Waals surface area (Å²) in [6, 6.07) is 3.01. The number of benzene rings is 1. The third-order valence-corrected chi connectivity index (χ3v) is 6.54. The number of hydrogen-bond donors (Lipinski definition) is 1. The number of carbonyl (C=O) groups is 1. The topological polar surface area (TPSA) is 114 Å². The van der Waals surface area contributed by atoms with Gasteiger partial charge >= 0.3 is 6.16 Å². The third-order valence-electron chi connectivity index (χ3n) is 5.43. The molecule has 0 radical (unpaired) electrons. The van der Waals surface area contributed by atoms with E-state index in [9.17, 15) is 22.0 Å². The Labute approximate surface area is 209 Å². The lowest BCUT2D eigenvalue weighted by molar-refractivity contribution is -0.154. The molecule has 1 N–H and O–H groups in total. The lowest BCUT2D eigenvalue weighted by Crippen LogP contribution is -2.40. The summed E-state index contributed by atoms with van der Waals surface area (Å²) in [7, 11) is -2.05. The second-order valence-electron chi connectivity index (χ2n) is 9.73. The average Bonchev–Trinajstić information content (AvgIpc) is 2.75. The molecular formula is C23H31F2N5O5S. The van der Waals surface area contributed by atoms with Gasteiger partial charge in [-0.15, -0.1) is 5.06 Å². The minimum absolute atomic E-state index is 0.220. The molecule has 0 bridgehead atoms. The fourth-order valence-corrected chi connectivity index (χ4v) is 4.44. The number of hydrogen-bond acceptors (Lipinski definition) is 10. The highest BCUT2D eigenvalue weighted by molar-refractivity contribution is 7.90. The monoisotopic (exact) mass is 527 g/mol. The minimum Gasteiger partial charge on any atom is -0.427 e. The molecule has 2 heterocycles. The number of ether oxygens (including phenoxy) is 1. The number of nitrogens with one attached hydrogen (secondary N) is 1. The van der Waals surface area contributed by atoms with Crippen LogP contribution in [0.5, 0.6) is 0 Å². The van der Waals surface area contributed by atoms with Gasteiger partial charge in [0.15, 0.2) is 9.84 Å². The Hall–Kier alpha value is -3.06. The van der Waals surface area contributed by atoms with Gasteiger partial charge in [-0.25, -0.2) is 32.0 Å². The van der Waals surface area contributed by atoms with Gasteiger partial charge in [0, 0.05) is 45.1 Å². The first-order valence-corrected chi connectivity index (χ1v) is 13.3. The van der Waals surface area contributed by atoms with Crippen molar-refractivity contribution in [3.63, 3.8) is 0 Å². The molecule has 10 nitrogen and oxygen atoms in total. The Morgan fingerprint density at radius 3 is 2.44 bits per heavy atom. The van der Waals surface area contributed by atoms with Crippen LogP contribution in [0.15, 0.2) is 29.4 Å². The van der Waals surface area contributed by atoms with Gasteiger partial charge in [0.25, 0.3) is 0 Å². The van der Waals surface area contributed by atoms with Gasteiger partial charge in [-0.3, -0.25) is 0 Å². The molecule has 0 saturated carbocycles. The molecule has 0 unspecified atom stereocenters. The lowest BCUT2D eigenvalue weighted by Gasteiger charge is -2.33. The van der Waals surface area contributed by atoms with Gasteiger partial charge in [0.05, 0.1) is 5.69 Å². The van der Waals surface area contributed by atoms with Crippen molar-refractivity contribution in [2.24, 2.45) is 5.92 Å². The fraction of sp³-hybridized carbons (Fsp3) is 0.522. The van der Waals surface area contributed by atoms with Crippen LogP contribution in [0.3, 0.4) is 0 Å². The Morgan fingerprint density at radius 2 is 1.83 bits per heavy atom. The maximum Gasteiger partial charge on any atom is 0.528 e. The molecule has 1 aliphatic rings. The standard InChI is InChI=1S/C23H31F2N5O5S/c1-23(2,3)34-22(31)35-30-8-6-15(7-9-30)13-29(4)21-12-20(26-14-27-21)28-18-10-17(25)19(11-16(18)24)36(5,32)33/h10-12,14-15H,6-9,13H2,1-5H3,(H,26,27,28). The number of halogens is 2. The summed E-state index contributed by atoms with van der Waals surface area (Å²) in [6.07, 6.45) is 2.97. The Balaban J connectivity index is 1.58. The van der Waals surface area contributed by atoms with Gasteiger partial charge in [-0.1, -0.05) is 0 Å². The van der Waals surface area contributed by atoms with Gasteiger partial charge in [0.1, 0.15) is 40.1 Å². The van der Waals surface area contributed by atoms with Crippen LogP contribution in [0, 0.1) is 17.6 Å². The minimum atomic E-state index is -3.90. The number of piperidine rings is 1. The molecule has 198 valence electrons. The van der Waals surface area contributed by atoms with Crippen molar-refractivity contribution in [1.29, 1.82) is 0 Å². The number of nitrogens with zero attached hydrogens (tertiary/aromatic N) is 4. The van der Waals surface area contributed by atoms with E-state index in [0.29, 0.717) is 37.4 Å². The summed E-state index contributed by atoms with van der Waals surface area (Å²) in [4.78, 5) is 26.6. The first-order valence-electron chi connectivity index (χ1n) is 11.4. The summed E-state index contributed by atoms with van der Waals surface area (Å²) < 4.78 is 57.0. The van der Waals surface area contributed by atoms with Crippen LogP contribution in [-0.4, -0.2) is 68.1 Å². The largest absolute Gasteiger partial charge is 0.528 e. The number of anilines is 3. The summed E-state index contributed by atoms with van der Waals surface area (Å²) >= 11 is 0. The number of hydroxylamine groups is 2. The van der Waals surface area contributed by atoms with Crippen LogP contribution in [-0.2, 0) is 19.4 Å². The number of aromatic nitrogens is 2. The van der Waals surface area contributed by atoms with E-state index in [1.165, 1.54) is 6.33 Å². The van der Waals surface area contributed by atoms with Crippen molar-refractivity contribution in [1.82, 2.24) is 15.0 Å². The molecule has 1 fully saturated rings. The van der Waals surface area contributed by atoms with Crippen LogP contribution in [0.2, 0.25) is 0 Å². The van der Waals surface area contributed by atoms with E-state index in [2.05, 4.69) is 15.3 Å². The predicted octanol–water partition coefficient (Wildman–Crippen LogP) is 3.92. The summed E-state index contributed by atoms with van der Waals surface area (Å²) in [5.41, 5.74) is -0.868. The molecule has 1 aromatic heterocycles. The zero-order chi connectivity index (χ0) is 26.7. The molecule has 0 aliphatic carbocycles. The highest BCUT2D eigenvalue weighted by atomic mass is 32.2. The zero-order valence-electron chi connectivity index (χ0n) is 20.9. The van der Waals surface area contributed by atoms with Crippen LogP contribution in [0.1, 0.15) is 33.6 Å². The average molecular weight is 528 g/mol. The van der Waals surface area contributed by atoms with Crippen molar-refractivity contribution in [2.45, 2.75) is 44.1 Å². The third kappa shape index (κ3) is 7.72. The fourth-order valence-electron chi connectivity index (χ4n) is 3.71. The first-order chi connectivity index (χ1) is 16.7. The number of rotatable bonds is 7. The molecule has 1 aromatic carbocycles. The van der Waals surface area contributed by atoms with Crippen LogP contribution >= 0.6 is 0 Å². The van der Waals surface area contributed by atoms with Crippen LogP contribution in [0.4, 0.5) is 30.9 Å². The van der Waals surface area contributed by atoms with Gasteiger partial charge in [0.2, 0.25) is 0 Å². The maximum atomic E-state index is 14.4. The van der Waals surface area contributed by atoms with Gasteiger partial charge < -0.3 is 19.8 Å². The Kier molecular flexibility index (Phi) is 8.34. The van der Waals surface area contributed by atoms with Crippen LogP contribution < -0.4 is 10.2 Å². The molecule has 1 aliphatic heterocycles. The lowest BCUT2D eigenvalue weighted by atomic mass is 9.97. The SMILES string of the molecule is CN(CC1CCN(OC(=O)OC(C)(C)C)CC1)c1cc(Nc2cc(F)c(S(C)(=O)=O)cc2F)ncn1. The molecule has 0 amide bonds. The van der Waals surface area contributed by atoms with Crippen LogP contribution in [0.25, 0.3) is 0 Å². The van der Waals surface area contributed by atoms with Crippen molar-refractivity contribution >= 4 is 33.3 Å². The normalized spacial score (nSPS) is 15.4. The molecule has 0 atom stereocenters. The van der Waals surface area contributed by atoms with Crippen molar-refractivity contribution < 1.29 is 31.6 Å². The molecule has 36 heavy (non-hydrogen) atoms. The van der Waals surface area contributed by atoms with E-state index in [4.69, 9.17) is 9.57 Å². The van der Waals surface area contributed by atoms with Gasteiger partial charge in [-0.05, 0) is 45.6 Å². The van der Waals surface area contributed by atoms with E-state index < -0.39 is 38.1 Å². The highest BCUT2D eigenvalue weighted by Crippen LogP contribution is 2.27. The second-order valence-corrected chi connectivity index (χ2v) is 11.7. The number of sulfone groups is 1. The zero-order valence-corrected chi connectivity index (χ0v) is 21.7. The molecule has 1 saturated heterocycles.